The predicted octanol–water partition coefficient (Wildman–Crippen LogP) is 3.64. The first-order valence-corrected chi connectivity index (χ1v) is 9.56. The molecule has 0 aliphatic carbocycles. The highest BCUT2D eigenvalue weighted by atomic mass is 16.6. The first kappa shape index (κ1) is 21.7. The minimum Gasteiger partial charge on any atom is -0.446 e. The third kappa shape index (κ3) is 5.33. The van der Waals surface area contributed by atoms with Crippen molar-refractivity contribution in [2.75, 3.05) is 5.32 Å². The fraction of sp³-hybridized carbons (Fsp3) is 0.227. The summed E-state index contributed by atoms with van der Waals surface area (Å²) in [6.45, 7) is 5.17. The molecule has 160 valence electrons. The van der Waals surface area contributed by atoms with Crippen molar-refractivity contribution in [3.05, 3.63) is 87.2 Å². The Morgan fingerprint density at radius 2 is 1.84 bits per heavy atom. The molecular formula is C22H22N4O5. The number of ether oxygens (including phenoxy) is 1. The average molecular weight is 422 g/mol. The second-order valence-electron chi connectivity index (χ2n) is 7.13. The van der Waals surface area contributed by atoms with Crippen molar-refractivity contribution in [3.8, 4) is 0 Å². The molecule has 1 N–H and O–H groups in total. The minimum absolute atomic E-state index is 0.0242. The van der Waals surface area contributed by atoms with Crippen molar-refractivity contribution in [1.29, 1.82) is 0 Å². The van der Waals surface area contributed by atoms with Gasteiger partial charge in [-0.2, -0.15) is 5.10 Å². The number of rotatable bonds is 7. The van der Waals surface area contributed by atoms with Gasteiger partial charge in [0, 0.05) is 17.3 Å². The molecule has 1 amide bonds. The number of carbonyl (C=O) groups is 2. The minimum atomic E-state index is -1.29. The summed E-state index contributed by atoms with van der Waals surface area (Å²) in [4.78, 5) is 36.4. The Balaban J connectivity index is 1.84. The molecule has 1 unspecified atom stereocenters. The molecule has 1 heterocycles. The van der Waals surface area contributed by atoms with Gasteiger partial charge < -0.3 is 10.1 Å². The number of nitrogens with one attached hydrogen (secondary N) is 1. The van der Waals surface area contributed by atoms with Gasteiger partial charge in [-0.15, -0.1) is 0 Å². The summed E-state index contributed by atoms with van der Waals surface area (Å²) in [7, 11) is 0. The molecule has 1 aromatic heterocycles. The summed E-state index contributed by atoms with van der Waals surface area (Å²) in [5, 5.41) is 18.1. The van der Waals surface area contributed by atoms with Gasteiger partial charge in [0.15, 0.2) is 0 Å². The molecule has 9 heteroatoms. The molecule has 3 aromatic rings. The number of hydrogen-bond donors (Lipinski definition) is 1. The molecule has 31 heavy (non-hydrogen) atoms. The number of anilines is 1. The van der Waals surface area contributed by atoms with Crippen LogP contribution in [0.25, 0.3) is 0 Å². The first-order chi connectivity index (χ1) is 14.7. The van der Waals surface area contributed by atoms with Gasteiger partial charge in [-0.25, -0.2) is 0 Å². The maximum Gasteiger partial charge on any atom is 0.328 e. The molecule has 0 aliphatic rings. The number of esters is 1. The number of amides is 1. The normalized spacial score (nSPS) is 11.6. The molecule has 2 aromatic carbocycles. The molecule has 0 fully saturated rings. The van der Waals surface area contributed by atoms with Crippen molar-refractivity contribution >= 4 is 23.3 Å². The van der Waals surface area contributed by atoms with Crippen molar-refractivity contribution in [3.63, 3.8) is 0 Å². The van der Waals surface area contributed by atoms with E-state index >= 15 is 0 Å². The molecule has 1 atom stereocenters. The van der Waals surface area contributed by atoms with E-state index in [-0.39, 0.29) is 17.9 Å². The summed E-state index contributed by atoms with van der Waals surface area (Å²) in [6, 6.07) is 14.8. The van der Waals surface area contributed by atoms with E-state index in [9.17, 15) is 19.7 Å². The number of benzene rings is 2. The van der Waals surface area contributed by atoms with Gasteiger partial charge in [-0.3, -0.25) is 24.4 Å². The summed E-state index contributed by atoms with van der Waals surface area (Å²) in [5.41, 5.74) is 2.45. The zero-order chi connectivity index (χ0) is 22.5. The lowest BCUT2D eigenvalue weighted by atomic mass is 10.1. The molecule has 3 rings (SSSR count). The van der Waals surface area contributed by atoms with Crippen LogP contribution in [0.3, 0.4) is 0 Å². The van der Waals surface area contributed by atoms with E-state index < -0.39 is 22.9 Å². The van der Waals surface area contributed by atoms with Crippen molar-refractivity contribution in [2.45, 2.75) is 33.4 Å². The van der Waals surface area contributed by atoms with Crippen LogP contribution in [0.15, 0.2) is 54.6 Å². The van der Waals surface area contributed by atoms with Crippen molar-refractivity contribution in [2.24, 2.45) is 0 Å². The van der Waals surface area contributed by atoms with Crippen LogP contribution < -0.4 is 5.32 Å². The Kier molecular flexibility index (Phi) is 6.44. The van der Waals surface area contributed by atoms with Gasteiger partial charge in [0.25, 0.3) is 11.6 Å². The monoisotopic (exact) mass is 422 g/mol. The number of aromatic nitrogens is 2. The quantitative estimate of drug-likeness (QED) is 0.353. The van der Waals surface area contributed by atoms with Gasteiger partial charge in [0.2, 0.25) is 6.10 Å². The van der Waals surface area contributed by atoms with E-state index in [1.165, 1.54) is 16.8 Å². The second kappa shape index (κ2) is 9.21. The highest BCUT2D eigenvalue weighted by molar-refractivity contribution is 5.97. The van der Waals surface area contributed by atoms with E-state index in [1.807, 2.05) is 19.9 Å². The lowest BCUT2D eigenvalue weighted by Gasteiger charge is -2.18. The van der Waals surface area contributed by atoms with Crippen LogP contribution in [0.4, 0.5) is 11.4 Å². The number of nitrogens with zero attached hydrogens (tertiary/aromatic N) is 3. The highest BCUT2D eigenvalue weighted by Crippen LogP contribution is 2.27. The summed E-state index contributed by atoms with van der Waals surface area (Å²) in [5.74, 6) is -1.35. The number of hydrogen-bond acceptors (Lipinski definition) is 6. The molecule has 0 spiro atoms. The van der Waals surface area contributed by atoms with Gasteiger partial charge in [-0.1, -0.05) is 36.4 Å². The van der Waals surface area contributed by atoms with Crippen LogP contribution in [0.5, 0.6) is 0 Å². The topological polar surface area (TPSA) is 116 Å². The standard InChI is InChI=1S/C22H22N4O5/c1-14-9-10-18(19(11-14)26(29)30)23-22(28)21(17-7-5-4-6-8-17)31-20(27)13-25-16(3)12-15(2)24-25/h4-12,21H,13H2,1-3H3,(H,23,28). The Morgan fingerprint density at radius 3 is 2.45 bits per heavy atom. The summed E-state index contributed by atoms with van der Waals surface area (Å²) >= 11 is 0. The van der Waals surface area contributed by atoms with E-state index in [1.54, 1.807) is 43.3 Å². The van der Waals surface area contributed by atoms with Crippen molar-refractivity contribution in [1.82, 2.24) is 9.78 Å². The number of carbonyl (C=O) groups excluding carboxylic acids is 2. The van der Waals surface area contributed by atoms with E-state index in [4.69, 9.17) is 4.74 Å². The molecule has 9 nitrogen and oxygen atoms in total. The van der Waals surface area contributed by atoms with Crippen molar-refractivity contribution < 1.29 is 19.2 Å². The molecule has 0 bridgehead atoms. The van der Waals surface area contributed by atoms with Crippen LogP contribution in [-0.4, -0.2) is 26.6 Å². The Labute approximate surface area is 178 Å². The highest BCUT2D eigenvalue weighted by Gasteiger charge is 2.27. The zero-order valence-corrected chi connectivity index (χ0v) is 17.4. The maximum atomic E-state index is 13.0. The van der Waals surface area contributed by atoms with E-state index in [2.05, 4.69) is 10.4 Å². The lowest BCUT2D eigenvalue weighted by Crippen LogP contribution is -2.28. The van der Waals surface area contributed by atoms with Crippen LogP contribution in [-0.2, 0) is 20.9 Å². The third-order valence-corrected chi connectivity index (χ3v) is 4.58. The zero-order valence-electron chi connectivity index (χ0n) is 17.4. The fourth-order valence-corrected chi connectivity index (χ4v) is 3.12. The Hall–Kier alpha value is -4.01. The summed E-state index contributed by atoms with van der Waals surface area (Å²) in [6.07, 6.45) is -1.29. The molecular weight excluding hydrogens is 400 g/mol. The smallest absolute Gasteiger partial charge is 0.328 e. The largest absolute Gasteiger partial charge is 0.446 e. The molecule has 0 saturated carbocycles. The van der Waals surface area contributed by atoms with Crippen LogP contribution >= 0.6 is 0 Å². The van der Waals surface area contributed by atoms with Gasteiger partial charge in [0.1, 0.15) is 12.2 Å². The molecule has 0 aliphatic heterocycles. The van der Waals surface area contributed by atoms with Gasteiger partial charge >= 0.3 is 5.97 Å². The van der Waals surface area contributed by atoms with Crippen LogP contribution in [0, 0.1) is 30.9 Å². The number of nitro benzene ring substituents is 1. The summed E-state index contributed by atoms with van der Waals surface area (Å²) < 4.78 is 6.97. The lowest BCUT2D eigenvalue weighted by molar-refractivity contribution is -0.384. The van der Waals surface area contributed by atoms with Gasteiger partial charge in [0.05, 0.1) is 10.6 Å². The SMILES string of the molecule is Cc1ccc(NC(=O)C(OC(=O)Cn2nc(C)cc2C)c2ccccc2)c([N+](=O)[O-])c1. The van der Waals surface area contributed by atoms with Gasteiger partial charge in [-0.05, 0) is 38.5 Å². The second-order valence-corrected chi connectivity index (χ2v) is 7.13. The van der Waals surface area contributed by atoms with E-state index in [0.29, 0.717) is 11.1 Å². The third-order valence-electron chi connectivity index (χ3n) is 4.58. The average Bonchev–Trinajstić information content (AvgIpc) is 3.04. The Morgan fingerprint density at radius 1 is 1.13 bits per heavy atom. The Bertz CT molecular complexity index is 1120. The van der Waals surface area contributed by atoms with Crippen LogP contribution in [0.2, 0.25) is 0 Å². The number of nitro groups is 1. The molecule has 0 saturated heterocycles. The number of aryl methyl sites for hydroxylation is 3. The molecule has 0 radical (unpaired) electrons. The fourth-order valence-electron chi connectivity index (χ4n) is 3.12. The first-order valence-electron chi connectivity index (χ1n) is 9.56. The predicted molar refractivity (Wildman–Crippen MR) is 113 cm³/mol. The van der Waals surface area contributed by atoms with Crippen LogP contribution in [0.1, 0.15) is 28.6 Å². The van der Waals surface area contributed by atoms with E-state index in [0.717, 1.165) is 11.4 Å². The maximum absolute atomic E-state index is 13.0.